The second-order valence-corrected chi connectivity index (χ2v) is 7.05. The minimum Gasteiger partial charge on any atom is -0.390 e. The van der Waals surface area contributed by atoms with Crippen molar-refractivity contribution in [3.8, 4) is 0 Å². The second-order valence-electron chi connectivity index (χ2n) is 3.82. The number of hydrogen-bond acceptors (Lipinski definition) is 5. The van der Waals surface area contributed by atoms with Crippen LogP contribution in [0.1, 0.15) is 4.88 Å². The van der Waals surface area contributed by atoms with Gasteiger partial charge in [0, 0.05) is 18.0 Å². The number of thiophene rings is 1. The summed E-state index contributed by atoms with van der Waals surface area (Å²) in [5.74, 6) is 0. The third-order valence-electron chi connectivity index (χ3n) is 2.47. The van der Waals surface area contributed by atoms with Crippen LogP contribution in [0.5, 0.6) is 0 Å². The van der Waals surface area contributed by atoms with Crippen molar-refractivity contribution in [2.45, 2.75) is 23.3 Å². The first-order valence-corrected chi connectivity index (χ1v) is 7.26. The summed E-state index contributed by atoms with van der Waals surface area (Å²) in [6.45, 7) is 2.75. The number of β-amino-alcohol motifs (C(OH)–C–C–N with tert-alkyl or cyclic N) is 1. The van der Waals surface area contributed by atoms with E-state index in [2.05, 4.69) is 10.0 Å². The van der Waals surface area contributed by atoms with E-state index >= 15 is 0 Å². The molecule has 0 saturated carbocycles. The van der Waals surface area contributed by atoms with Crippen LogP contribution in [0.3, 0.4) is 0 Å². The van der Waals surface area contributed by atoms with Crippen molar-refractivity contribution in [2.75, 3.05) is 13.1 Å². The zero-order chi connectivity index (χ0) is 11.8. The number of hydrogen-bond donors (Lipinski definition) is 3. The fourth-order valence-corrected chi connectivity index (χ4v) is 4.17. The lowest BCUT2D eigenvalue weighted by atomic mass is 10.2. The molecule has 0 aromatic carbocycles. The number of rotatable bonds is 3. The summed E-state index contributed by atoms with van der Waals surface area (Å²) in [6, 6.07) is 2.91. The number of aliphatic hydroxyl groups is 1. The minimum atomic E-state index is -3.49. The molecule has 0 unspecified atom stereocenters. The smallest absolute Gasteiger partial charge is 0.250 e. The van der Waals surface area contributed by atoms with Crippen LogP contribution in [-0.4, -0.2) is 38.8 Å². The van der Waals surface area contributed by atoms with Crippen molar-refractivity contribution in [3.05, 3.63) is 17.0 Å². The van der Waals surface area contributed by atoms with Gasteiger partial charge in [0.1, 0.15) is 4.21 Å². The number of nitrogens with one attached hydrogen (secondary N) is 2. The highest BCUT2D eigenvalue weighted by Gasteiger charge is 2.30. The zero-order valence-corrected chi connectivity index (χ0v) is 10.4. The Labute approximate surface area is 98.5 Å². The SMILES string of the molecule is Cc1ccc(S(=O)(=O)N[C@@H]2CNC[C@H]2O)s1. The Hall–Kier alpha value is -0.470. The maximum Gasteiger partial charge on any atom is 0.250 e. The number of aryl methyl sites for hydroxylation is 1. The van der Waals surface area contributed by atoms with Gasteiger partial charge in [0.25, 0.3) is 0 Å². The topological polar surface area (TPSA) is 78.4 Å². The van der Waals surface area contributed by atoms with Gasteiger partial charge in [0.2, 0.25) is 10.0 Å². The van der Waals surface area contributed by atoms with E-state index in [1.54, 1.807) is 12.1 Å². The molecule has 1 saturated heterocycles. The van der Waals surface area contributed by atoms with Gasteiger partial charge in [-0.2, -0.15) is 0 Å². The number of aliphatic hydroxyl groups excluding tert-OH is 1. The Bertz CT molecular complexity index is 469. The third-order valence-corrected chi connectivity index (χ3v) is 5.45. The second kappa shape index (κ2) is 4.42. The molecule has 16 heavy (non-hydrogen) atoms. The van der Waals surface area contributed by atoms with Crippen molar-refractivity contribution >= 4 is 21.4 Å². The minimum absolute atomic E-state index is 0.295. The number of sulfonamides is 1. The lowest BCUT2D eigenvalue weighted by Gasteiger charge is -2.14. The Balaban J connectivity index is 2.14. The quantitative estimate of drug-likeness (QED) is 0.697. The normalized spacial score (nSPS) is 26.1. The summed E-state index contributed by atoms with van der Waals surface area (Å²) in [6.07, 6.45) is -0.657. The fraction of sp³-hybridized carbons (Fsp3) is 0.556. The first-order valence-electron chi connectivity index (χ1n) is 4.96. The molecule has 1 fully saturated rings. The van der Waals surface area contributed by atoms with E-state index in [9.17, 15) is 13.5 Å². The van der Waals surface area contributed by atoms with E-state index in [1.165, 1.54) is 11.3 Å². The van der Waals surface area contributed by atoms with E-state index in [0.29, 0.717) is 17.3 Å². The highest BCUT2D eigenvalue weighted by Crippen LogP contribution is 2.21. The van der Waals surface area contributed by atoms with E-state index < -0.39 is 22.2 Å². The van der Waals surface area contributed by atoms with Crippen molar-refractivity contribution in [2.24, 2.45) is 0 Å². The van der Waals surface area contributed by atoms with Crippen molar-refractivity contribution in [3.63, 3.8) is 0 Å². The summed E-state index contributed by atoms with van der Waals surface area (Å²) in [5.41, 5.74) is 0. The van der Waals surface area contributed by atoms with Crippen molar-refractivity contribution < 1.29 is 13.5 Å². The molecule has 7 heteroatoms. The van der Waals surface area contributed by atoms with Gasteiger partial charge in [-0.05, 0) is 19.1 Å². The molecule has 1 aliphatic rings. The average molecular weight is 262 g/mol. The van der Waals surface area contributed by atoms with E-state index in [-0.39, 0.29) is 0 Å². The lowest BCUT2D eigenvalue weighted by Crippen LogP contribution is -2.42. The molecule has 5 nitrogen and oxygen atoms in total. The van der Waals surface area contributed by atoms with Gasteiger partial charge >= 0.3 is 0 Å². The maximum atomic E-state index is 11.9. The maximum absolute atomic E-state index is 11.9. The van der Waals surface area contributed by atoms with Crippen LogP contribution in [0.15, 0.2) is 16.3 Å². The highest BCUT2D eigenvalue weighted by atomic mass is 32.2. The zero-order valence-electron chi connectivity index (χ0n) is 8.80. The first kappa shape index (κ1) is 12.0. The highest BCUT2D eigenvalue weighted by molar-refractivity contribution is 7.91. The predicted octanol–water partition coefficient (Wildman–Crippen LogP) is -0.332. The molecule has 90 valence electrons. The molecule has 0 bridgehead atoms. The van der Waals surface area contributed by atoms with Crippen LogP contribution in [0, 0.1) is 6.92 Å². The Kier molecular flexibility index (Phi) is 3.32. The van der Waals surface area contributed by atoms with Crippen LogP contribution in [0.4, 0.5) is 0 Å². The first-order chi connectivity index (χ1) is 7.49. The summed E-state index contributed by atoms with van der Waals surface area (Å²) in [5, 5.41) is 12.4. The summed E-state index contributed by atoms with van der Waals surface area (Å²) < 4.78 is 26.6. The van der Waals surface area contributed by atoms with Gasteiger partial charge in [-0.25, -0.2) is 13.1 Å². The Morgan fingerprint density at radius 2 is 2.25 bits per heavy atom. The molecule has 2 rings (SSSR count). The predicted molar refractivity (Wildman–Crippen MR) is 62.0 cm³/mol. The molecular formula is C9H14N2O3S2. The Morgan fingerprint density at radius 3 is 2.75 bits per heavy atom. The monoisotopic (exact) mass is 262 g/mol. The summed E-state index contributed by atoms with van der Waals surface area (Å²) in [7, 11) is -3.49. The van der Waals surface area contributed by atoms with Crippen LogP contribution >= 0.6 is 11.3 Å². The summed E-state index contributed by atoms with van der Waals surface area (Å²) >= 11 is 1.23. The van der Waals surface area contributed by atoms with Crippen molar-refractivity contribution in [1.82, 2.24) is 10.0 Å². The molecule has 2 atom stereocenters. The molecule has 0 radical (unpaired) electrons. The van der Waals surface area contributed by atoms with Crippen LogP contribution < -0.4 is 10.0 Å². The molecular weight excluding hydrogens is 248 g/mol. The summed E-state index contributed by atoms with van der Waals surface area (Å²) in [4.78, 5) is 0.950. The van der Waals surface area contributed by atoms with Gasteiger partial charge < -0.3 is 10.4 Å². The molecule has 2 heterocycles. The van der Waals surface area contributed by atoms with Crippen LogP contribution in [0.25, 0.3) is 0 Å². The van der Waals surface area contributed by atoms with Crippen LogP contribution in [-0.2, 0) is 10.0 Å². The molecule has 3 N–H and O–H groups in total. The molecule has 1 aliphatic heterocycles. The standard InChI is InChI=1S/C9H14N2O3S2/c1-6-2-3-9(15-6)16(13,14)11-7-4-10-5-8(7)12/h2-3,7-8,10-12H,4-5H2,1H3/t7-,8-/m1/s1. The molecule has 0 spiro atoms. The van der Waals surface area contributed by atoms with Gasteiger partial charge in [-0.15, -0.1) is 11.3 Å². The molecule has 0 aliphatic carbocycles. The van der Waals surface area contributed by atoms with Crippen LogP contribution in [0.2, 0.25) is 0 Å². The molecule has 0 amide bonds. The van der Waals surface area contributed by atoms with E-state index in [0.717, 1.165) is 4.88 Å². The van der Waals surface area contributed by atoms with Gasteiger partial charge in [0.15, 0.2) is 0 Å². The van der Waals surface area contributed by atoms with Gasteiger partial charge in [0.05, 0.1) is 12.1 Å². The third kappa shape index (κ3) is 2.44. The molecule has 1 aromatic rings. The van der Waals surface area contributed by atoms with Gasteiger partial charge in [-0.1, -0.05) is 0 Å². The fourth-order valence-electron chi connectivity index (χ4n) is 1.60. The average Bonchev–Trinajstić information content (AvgIpc) is 2.77. The molecule has 1 aromatic heterocycles. The van der Waals surface area contributed by atoms with E-state index in [1.807, 2.05) is 6.92 Å². The van der Waals surface area contributed by atoms with Gasteiger partial charge in [-0.3, -0.25) is 0 Å². The van der Waals surface area contributed by atoms with Crippen molar-refractivity contribution in [1.29, 1.82) is 0 Å². The van der Waals surface area contributed by atoms with E-state index in [4.69, 9.17) is 0 Å². The lowest BCUT2D eigenvalue weighted by molar-refractivity contribution is 0.173. The largest absolute Gasteiger partial charge is 0.390 e. The Morgan fingerprint density at radius 1 is 1.50 bits per heavy atom.